The second-order valence-corrected chi connectivity index (χ2v) is 45.1. The van der Waals surface area contributed by atoms with Crippen molar-refractivity contribution in [3.8, 4) is 23.0 Å². The Kier molecular flexibility index (Phi) is 21.9. The molecule has 2 amide bonds. The van der Waals surface area contributed by atoms with Gasteiger partial charge in [0.25, 0.3) is 11.8 Å². The molecule has 0 radical (unpaired) electrons. The topological polar surface area (TPSA) is 108 Å². The molecule has 12 aliphatic carbocycles. The first-order chi connectivity index (χ1) is 64.8. The molecule has 8 aromatic carbocycles. The SMILES string of the molecule is CC(C)c1cccc(C(C)C)c1C1C(=O)C2=CC(Oc3ccc(C(C)(C)C)cc3)=C3C4=CC=CC5C(c6cc7c(cc6Cl)/C=C\c6c(ccc(C8=CC=C9C%10=C(Oc%11ccc(C(C)(C)C)cc%11)C=C%11C(=O)N(c%12c(C(C)C)cccc%12C(C)C)C(=O)C%12=CC(Oc%13ccc(C(C)(C)C)cc%13)=C(C%13=CC=CC8C%139)C%10C%12%11)c6Cl)/C=C\7)=CC=C(C6=C(Oc7ccc(C(C)(C)C)cc7)C=C(C1=O)C2C36)C45. The molecule has 0 aromatic heterocycles. The summed E-state index contributed by atoms with van der Waals surface area (Å²) >= 11 is 16.0. The largest absolute Gasteiger partial charge is 0.457 e. The summed E-state index contributed by atoms with van der Waals surface area (Å²) in [6, 6.07) is 54.3. The summed E-state index contributed by atoms with van der Waals surface area (Å²) in [5.74, 6) is -0.918. The van der Waals surface area contributed by atoms with Crippen LogP contribution in [0.3, 0.4) is 0 Å². The van der Waals surface area contributed by atoms with Crippen molar-refractivity contribution in [3.05, 3.63) is 426 Å². The van der Waals surface area contributed by atoms with Gasteiger partial charge in [-0.25, -0.2) is 4.90 Å². The first-order valence-corrected chi connectivity index (χ1v) is 49.4. The molecule has 136 heavy (non-hydrogen) atoms. The van der Waals surface area contributed by atoms with Crippen LogP contribution in [0.25, 0.3) is 35.5 Å². The van der Waals surface area contributed by atoms with Gasteiger partial charge in [0, 0.05) is 103 Å². The number of carbonyl (C=O) groups excluding carboxylic acids is 4. The number of imide groups is 1. The van der Waals surface area contributed by atoms with Crippen molar-refractivity contribution in [1.29, 1.82) is 0 Å². The summed E-state index contributed by atoms with van der Waals surface area (Å²) in [4.78, 5) is 66.7. The highest BCUT2D eigenvalue weighted by atomic mass is 35.5. The number of halogens is 2. The van der Waals surface area contributed by atoms with Gasteiger partial charge in [-0.3, -0.25) is 19.2 Å². The molecule has 8 aromatic rings. The van der Waals surface area contributed by atoms with Crippen LogP contribution >= 0.6 is 23.2 Å². The monoisotopic (exact) mass is 1830 g/mol. The lowest BCUT2D eigenvalue weighted by Gasteiger charge is -2.52. The highest BCUT2D eigenvalue weighted by molar-refractivity contribution is 6.35. The minimum Gasteiger partial charge on any atom is -0.457 e. The molecule has 9 unspecified atom stereocenters. The zero-order valence-electron chi connectivity index (χ0n) is 81.4. The van der Waals surface area contributed by atoms with Crippen molar-refractivity contribution in [2.45, 2.75) is 190 Å². The Balaban J connectivity index is 0.677. The molecule has 0 bridgehead atoms. The van der Waals surface area contributed by atoms with E-state index in [1.54, 1.807) is 0 Å². The second-order valence-electron chi connectivity index (χ2n) is 44.4. The van der Waals surface area contributed by atoms with E-state index in [9.17, 15) is 0 Å². The Labute approximate surface area is 811 Å². The maximum absolute atomic E-state index is 16.3. The number of ether oxygens (including phenoxy) is 4. The second kappa shape index (κ2) is 33.1. The van der Waals surface area contributed by atoms with Crippen LogP contribution in [-0.2, 0) is 40.8 Å². The summed E-state index contributed by atoms with van der Waals surface area (Å²) in [6.45, 7) is 43.5. The maximum atomic E-state index is 16.3. The zero-order chi connectivity index (χ0) is 95.4. The number of anilines is 1. The predicted octanol–water partition coefficient (Wildman–Crippen LogP) is 30.5. The van der Waals surface area contributed by atoms with Gasteiger partial charge in [0.2, 0.25) is 0 Å². The van der Waals surface area contributed by atoms with Crippen LogP contribution in [-0.4, -0.2) is 23.4 Å². The number of fused-ring (bicyclic) bond motifs is 6. The van der Waals surface area contributed by atoms with Crippen LogP contribution in [0.2, 0.25) is 10.0 Å². The number of piperidine rings is 1. The van der Waals surface area contributed by atoms with Gasteiger partial charge < -0.3 is 18.9 Å². The van der Waals surface area contributed by atoms with E-state index in [0.29, 0.717) is 84.1 Å². The van der Waals surface area contributed by atoms with E-state index in [1.165, 1.54) is 4.90 Å². The standard InChI is InChI=1S/C125H117Cl2NO8/c1-65(2)80-25-21-26-81(66(3)4)106(80)115-118(129)95-61-100(133-76-45-37-72(38-46-76)122(9,10)11)109-91-32-24-30-88-86(56-58-93(105(88)91)111-101(62-96(119(115)130)107(95)113(109)111)134-77-47-39-73(40-48-77)123(12,13)14)94-59-70-34-33-69-35-54-89(116(127)84(69)53-36-71(70)60-99(94)126)85-55-57-92-104-87(85)29-23-31-90(104)110-102(135-78-49-41-74(42-50-78)124(15,16)17)63-97-108-98(64-103(112(92)114(108)110)136-79-51-43-75(44-52-79)125(18,19)20)121(132)128(120(97)131)117-82(67(5)6)27-22-28-83(117)68(7)8/h21-68,87-88,104-105,107-108,113-115H,1-20H3/b34-33-,53-36-,69-33?,70-34?,71-36?,84-53?. The molecule has 1 aliphatic heterocycles. The van der Waals surface area contributed by atoms with E-state index in [1.807, 2.05) is 91.0 Å². The normalized spacial score (nSPS) is 23.2. The fourth-order valence-electron chi connectivity index (χ4n) is 23.5. The van der Waals surface area contributed by atoms with E-state index >= 15 is 19.2 Å². The lowest BCUT2D eigenvalue weighted by Crippen LogP contribution is -2.53. The third kappa shape index (κ3) is 14.8. The number of hydrogen-bond donors (Lipinski definition) is 0. The summed E-state index contributed by atoms with van der Waals surface area (Å²) < 4.78 is 29.6. The lowest BCUT2D eigenvalue weighted by molar-refractivity contribution is -0.128. The van der Waals surface area contributed by atoms with Crippen molar-refractivity contribution in [2.24, 2.45) is 47.3 Å². The molecule has 0 N–H and O–H groups in total. The molecule has 4 fully saturated rings. The molecule has 9 atom stereocenters. The number of benzene rings is 8. The minimum absolute atomic E-state index is 0.00728. The van der Waals surface area contributed by atoms with Crippen molar-refractivity contribution in [3.63, 3.8) is 0 Å². The van der Waals surface area contributed by atoms with Crippen LogP contribution in [0.4, 0.5) is 5.69 Å². The average Bonchev–Trinajstić information content (AvgIpc) is 0.684. The first kappa shape index (κ1) is 89.8. The van der Waals surface area contributed by atoms with E-state index < -0.39 is 29.6 Å². The van der Waals surface area contributed by atoms with Crippen molar-refractivity contribution in [1.82, 2.24) is 0 Å². The Bertz CT molecular complexity index is 6800. The average molecular weight is 1830 g/mol. The molecule has 11 heteroatoms. The van der Waals surface area contributed by atoms with E-state index in [2.05, 4.69) is 315 Å². The number of amides is 2. The van der Waals surface area contributed by atoms with Crippen LogP contribution < -0.4 is 23.8 Å². The van der Waals surface area contributed by atoms with Gasteiger partial charge in [-0.2, -0.15) is 0 Å². The molecule has 1 saturated heterocycles. The van der Waals surface area contributed by atoms with Crippen molar-refractivity contribution in [2.75, 3.05) is 4.90 Å². The molecule has 0 spiro atoms. The van der Waals surface area contributed by atoms with E-state index in [0.717, 1.165) is 139 Å². The predicted molar refractivity (Wildman–Crippen MR) is 553 cm³/mol. The zero-order valence-corrected chi connectivity index (χ0v) is 82.9. The number of nitrogens with zero attached hydrogens (tertiary/aromatic N) is 1. The summed E-state index contributed by atoms with van der Waals surface area (Å²) in [5, 5.41) is 1.18. The minimum atomic E-state index is -1.09. The Morgan fingerprint density at radius 2 is 0.654 bits per heavy atom. The van der Waals surface area contributed by atoms with Gasteiger partial charge in [0.05, 0.1) is 10.7 Å². The molecule has 1 heterocycles. The van der Waals surface area contributed by atoms with Crippen molar-refractivity contribution < 1.29 is 38.1 Å². The maximum Gasteiger partial charge on any atom is 0.262 e. The third-order valence-corrected chi connectivity index (χ3v) is 31.2. The van der Waals surface area contributed by atoms with Gasteiger partial charge in [0.1, 0.15) is 52.0 Å². The molecular weight excluding hydrogens is 1710 g/mol. The molecule has 21 rings (SSSR count). The third-order valence-electron chi connectivity index (χ3n) is 30.5. The number of rotatable bonds is 16. The number of ketones is 2. The summed E-state index contributed by atoms with van der Waals surface area (Å²) in [6.07, 6.45) is 38.8. The van der Waals surface area contributed by atoms with Crippen molar-refractivity contribution >= 4 is 87.7 Å². The van der Waals surface area contributed by atoms with Gasteiger partial charge in [0.15, 0.2) is 11.6 Å². The highest BCUT2D eigenvalue weighted by Crippen LogP contribution is 2.67. The van der Waals surface area contributed by atoms with Crippen LogP contribution in [0.5, 0.6) is 23.0 Å². The van der Waals surface area contributed by atoms with Crippen LogP contribution in [0.15, 0.2) is 333 Å². The summed E-state index contributed by atoms with van der Waals surface area (Å²) in [7, 11) is 0. The van der Waals surface area contributed by atoms with E-state index in [4.69, 9.17) is 42.1 Å². The Morgan fingerprint density at radius 3 is 1.04 bits per heavy atom. The lowest BCUT2D eigenvalue weighted by atomic mass is 9.51. The Morgan fingerprint density at radius 1 is 0.324 bits per heavy atom. The first-order valence-electron chi connectivity index (χ1n) is 48.6. The number of hydrogen-bond acceptors (Lipinski definition) is 8. The van der Waals surface area contributed by atoms with Crippen LogP contribution in [0, 0.1) is 47.3 Å². The molecule has 13 aliphatic rings. The van der Waals surface area contributed by atoms with Gasteiger partial charge in [-0.15, -0.1) is 0 Å². The van der Waals surface area contributed by atoms with Gasteiger partial charge >= 0.3 is 0 Å². The number of allylic oxidation sites excluding steroid dienone is 26. The van der Waals surface area contributed by atoms with Gasteiger partial charge in [-0.05, 0) is 242 Å². The summed E-state index contributed by atoms with van der Waals surface area (Å²) in [5.41, 5.74) is 26.8. The number of para-hydroxylation sites is 1. The molecule has 3 saturated carbocycles. The molecule has 684 valence electrons. The van der Waals surface area contributed by atoms with E-state index in [-0.39, 0.29) is 92.4 Å². The molecule has 9 nitrogen and oxygen atoms in total. The highest BCUT2D eigenvalue weighted by Gasteiger charge is 2.61. The van der Waals surface area contributed by atoms with Crippen LogP contribution in [0.1, 0.15) is 252 Å². The quantitative estimate of drug-likeness (QED) is 0.0695. The fourth-order valence-corrected chi connectivity index (χ4v) is 24.2. The Hall–Kier alpha value is -12.7. The number of Topliss-reactive ketones (excluding diaryl/α,β-unsaturated/α-hetero) is 2. The smallest absolute Gasteiger partial charge is 0.262 e. The number of carbonyl (C=O) groups is 4. The molecular formula is C125H117Cl2NO8. The van der Waals surface area contributed by atoms with Gasteiger partial charge in [-0.1, -0.05) is 344 Å². The fraction of sp³-hybridized carbons (Fsp3) is 0.296.